The number of rotatable bonds is 5. The Kier molecular flexibility index (Phi) is 4.84. The van der Waals surface area contributed by atoms with Gasteiger partial charge in [0.15, 0.2) is 0 Å². The van der Waals surface area contributed by atoms with Gasteiger partial charge in [-0.25, -0.2) is 18.7 Å². The third-order valence-corrected chi connectivity index (χ3v) is 7.61. The van der Waals surface area contributed by atoms with Crippen molar-refractivity contribution in [3.63, 3.8) is 0 Å². The smallest absolute Gasteiger partial charge is 0.258 e. The van der Waals surface area contributed by atoms with Gasteiger partial charge >= 0.3 is 0 Å². The second-order valence-electron chi connectivity index (χ2n) is 9.91. The van der Waals surface area contributed by atoms with Gasteiger partial charge in [-0.3, -0.25) is 9.48 Å². The molecule has 0 spiro atoms. The molecule has 1 saturated carbocycles. The number of carbonyl (C=O) groups is 1. The zero-order valence-electron chi connectivity index (χ0n) is 19.6. The van der Waals surface area contributed by atoms with E-state index in [1.807, 2.05) is 36.9 Å². The molecule has 0 aromatic carbocycles. The number of fused-ring (bicyclic) bond motifs is 2. The highest BCUT2D eigenvalue weighted by molar-refractivity contribution is 5.94. The average molecular weight is 480 g/mol. The molecule has 182 valence electrons. The van der Waals surface area contributed by atoms with Gasteiger partial charge in [-0.1, -0.05) is 6.07 Å². The van der Waals surface area contributed by atoms with Crippen LogP contribution in [0.3, 0.4) is 0 Å². The number of nitrogens with zero attached hydrogens (tertiary/aromatic N) is 5. The van der Waals surface area contributed by atoms with Crippen LogP contribution in [0.25, 0.3) is 0 Å². The standard InChI is InChI=1S/C25H27F2N7O/c1-13-7-18-17(23(28)30-13)4-5-21(18)32-24(35)16-8-29-34(10-16)9-15-3-6-22(31-14(15)2)33-11-19-20(12-33)25(19,26)27/h3,6-8,10,19-21H,4-5,9,11-12H2,1-2H3,(H2,28,30)(H,32,35)/t19?,20?,21-/m1/s1. The Hall–Kier alpha value is -3.56. The number of pyridine rings is 2. The molecule has 0 bridgehead atoms. The Labute approximate surface area is 201 Å². The quantitative estimate of drug-likeness (QED) is 0.583. The zero-order chi connectivity index (χ0) is 24.5. The highest BCUT2D eigenvalue weighted by Crippen LogP contribution is 2.59. The molecule has 6 rings (SSSR count). The van der Waals surface area contributed by atoms with Gasteiger partial charge < -0.3 is 16.0 Å². The SMILES string of the molecule is Cc1cc2c(c(N)n1)CC[C@H]2NC(=O)c1cnn(Cc2ccc(N3CC4C(C3)C4(F)F)nc2C)c1. The molecule has 3 aromatic rings. The molecular formula is C25H27F2N7O. The number of hydrogen-bond donors (Lipinski definition) is 2. The van der Waals surface area contributed by atoms with Crippen LogP contribution in [-0.4, -0.2) is 44.7 Å². The summed E-state index contributed by atoms with van der Waals surface area (Å²) in [5, 5.41) is 7.46. The minimum Gasteiger partial charge on any atom is -0.383 e. The lowest BCUT2D eigenvalue weighted by molar-refractivity contribution is 0.0796. The van der Waals surface area contributed by atoms with Crippen molar-refractivity contribution in [1.29, 1.82) is 0 Å². The van der Waals surface area contributed by atoms with E-state index in [1.54, 1.807) is 17.1 Å². The van der Waals surface area contributed by atoms with E-state index in [4.69, 9.17) is 5.73 Å². The fraction of sp³-hybridized carbons (Fsp3) is 0.440. The number of nitrogen functional groups attached to an aromatic ring is 1. The van der Waals surface area contributed by atoms with Crippen molar-refractivity contribution in [2.75, 3.05) is 23.7 Å². The minimum atomic E-state index is -2.50. The number of halogens is 2. The van der Waals surface area contributed by atoms with E-state index in [0.29, 0.717) is 31.0 Å². The van der Waals surface area contributed by atoms with Crippen LogP contribution in [-0.2, 0) is 13.0 Å². The van der Waals surface area contributed by atoms with Crippen molar-refractivity contribution in [1.82, 2.24) is 25.1 Å². The molecule has 1 amide bonds. The van der Waals surface area contributed by atoms with E-state index >= 15 is 0 Å². The Morgan fingerprint density at radius 1 is 1.23 bits per heavy atom. The number of aromatic nitrogens is 4. The second kappa shape index (κ2) is 7.73. The van der Waals surface area contributed by atoms with E-state index in [9.17, 15) is 13.6 Å². The maximum absolute atomic E-state index is 13.5. The van der Waals surface area contributed by atoms with Crippen molar-refractivity contribution in [2.24, 2.45) is 11.8 Å². The molecule has 3 N–H and O–H groups in total. The molecule has 10 heteroatoms. The summed E-state index contributed by atoms with van der Waals surface area (Å²) in [7, 11) is 0. The molecule has 2 aliphatic carbocycles. The third-order valence-electron chi connectivity index (χ3n) is 7.61. The third kappa shape index (κ3) is 3.71. The molecule has 3 atom stereocenters. The van der Waals surface area contributed by atoms with Crippen LogP contribution in [0.2, 0.25) is 0 Å². The fourth-order valence-corrected chi connectivity index (χ4v) is 5.53. The van der Waals surface area contributed by atoms with Gasteiger partial charge in [-0.2, -0.15) is 5.10 Å². The lowest BCUT2D eigenvalue weighted by Crippen LogP contribution is -2.28. The number of piperidine rings is 1. The number of nitrogens with one attached hydrogen (secondary N) is 1. The topological polar surface area (TPSA) is 102 Å². The summed E-state index contributed by atoms with van der Waals surface area (Å²) in [4.78, 5) is 23.8. The van der Waals surface area contributed by atoms with Crippen LogP contribution in [0.1, 0.15) is 50.9 Å². The molecule has 1 aliphatic heterocycles. The Bertz CT molecular complexity index is 1320. The monoisotopic (exact) mass is 479 g/mol. The van der Waals surface area contributed by atoms with Crippen LogP contribution in [0, 0.1) is 25.7 Å². The first-order valence-corrected chi connectivity index (χ1v) is 11.9. The summed E-state index contributed by atoms with van der Waals surface area (Å²) in [5.41, 5.74) is 11.2. The normalized spacial score (nSPS) is 23.8. The predicted molar refractivity (Wildman–Crippen MR) is 126 cm³/mol. The largest absolute Gasteiger partial charge is 0.383 e. The first-order valence-electron chi connectivity index (χ1n) is 11.9. The van der Waals surface area contributed by atoms with Crippen LogP contribution < -0.4 is 16.0 Å². The van der Waals surface area contributed by atoms with Crippen molar-refractivity contribution < 1.29 is 13.6 Å². The summed E-state index contributed by atoms with van der Waals surface area (Å²) in [6.45, 7) is 4.97. The van der Waals surface area contributed by atoms with Crippen LogP contribution >= 0.6 is 0 Å². The molecular weight excluding hydrogens is 452 g/mol. The molecule has 2 unspecified atom stereocenters. The van der Waals surface area contributed by atoms with E-state index in [2.05, 4.69) is 20.4 Å². The van der Waals surface area contributed by atoms with Crippen LogP contribution in [0.15, 0.2) is 30.6 Å². The molecule has 35 heavy (non-hydrogen) atoms. The molecule has 4 heterocycles. The summed E-state index contributed by atoms with van der Waals surface area (Å²) >= 11 is 0. The predicted octanol–water partition coefficient (Wildman–Crippen LogP) is 3.04. The number of nitrogens with two attached hydrogens (primary N) is 1. The van der Waals surface area contributed by atoms with Crippen molar-refractivity contribution >= 4 is 17.5 Å². The number of carbonyl (C=O) groups excluding carboxylic acids is 1. The second-order valence-corrected chi connectivity index (χ2v) is 9.91. The Morgan fingerprint density at radius 3 is 2.74 bits per heavy atom. The summed E-state index contributed by atoms with van der Waals surface area (Å²) in [6, 6.07) is 5.73. The van der Waals surface area contributed by atoms with Gasteiger partial charge in [0.05, 0.1) is 36.2 Å². The first-order chi connectivity index (χ1) is 16.7. The summed E-state index contributed by atoms with van der Waals surface area (Å²) in [5.74, 6) is -2.48. The number of anilines is 2. The number of amides is 1. The van der Waals surface area contributed by atoms with Gasteiger partial charge in [-0.15, -0.1) is 0 Å². The number of aryl methyl sites for hydroxylation is 2. The summed E-state index contributed by atoms with van der Waals surface area (Å²) < 4.78 is 28.7. The van der Waals surface area contributed by atoms with E-state index in [0.717, 1.165) is 46.7 Å². The van der Waals surface area contributed by atoms with Crippen molar-refractivity contribution in [3.8, 4) is 0 Å². The molecule has 3 aromatic heterocycles. The van der Waals surface area contributed by atoms with E-state index < -0.39 is 17.8 Å². The van der Waals surface area contributed by atoms with E-state index in [1.165, 1.54) is 0 Å². The highest BCUT2D eigenvalue weighted by Gasteiger charge is 2.71. The number of alkyl halides is 2. The summed E-state index contributed by atoms with van der Waals surface area (Å²) in [6.07, 6.45) is 4.87. The Morgan fingerprint density at radius 2 is 2.00 bits per heavy atom. The Balaban J connectivity index is 1.11. The molecule has 8 nitrogen and oxygen atoms in total. The minimum absolute atomic E-state index is 0.0968. The lowest BCUT2D eigenvalue weighted by Gasteiger charge is -2.21. The average Bonchev–Trinajstić information content (AvgIpc) is 3.36. The van der Waals surface area contributed by atoms with Crippen LogP contribution in [0.5, 0.6) is 0 Å². The van der Waals surface area contributed by atoms with Gasteiger partial charge in [0, 0.05) is 30.7 Å². The fourth-order valence-electron chi connectivity index (χ4n) is 5.53. The van der Waals surface area contributed by atoms with Crippen molar-refractivity contribution in [3.05, 3.63) is 64.2 Å². The van der Waals surface area contributed by atoms with Gasteiger partial charge in [0.2, 0.25) is 0 Å². The van der Waals surface area contributed by atoms with Gasteiger partial charge in [0.1, 0.15) is 11.6 Å². The lowest BCUT2D eigenvalue weighted by atomic mass is 10.1. The maximum atomic E-state index is 13.5. The van der Waals surface area contributed by atoms with Crippen LogP contribution in [0.4, 0.5) is 20.4 Å². The van der Waals surface area contributed by atoms with Gasteiger partial charge in [-0.05, 0) is 55.5 Å². The molecule has 2 fully saturated rings. The zero-order valence-corrected chi connectivity index (χ0v) is 19.6. The first kappa shape index (κ1) is 21.9. The number of hydrogen-bond acceptors (Lipinski definition) is 6. The highest BCUT2D eigenvalue weighted by atomic mass is 19.3. The maximum Gasteiger partial charge on any atom is 0.258 e. The van der Waals surface area contributed by atoms with Gasteiger partial charge in [0.25, 0.3) is 11.8 Å². The van der Waals surface area contributed by atoms with E-state index in [-0.39, 0.29) is 11.9 Å². The van der Waals surface area contributed by atoms with Crippen molar-refractivity contribution in [2.45, 2.75) is 45.2 Å². The molecule has 1 saturated heterocycles. The molecule has 3 aliphatic rings. The molecule has 0 radical (unpaired) electrons.